The molecular formula is C98H136N20O19. The highest BCUT2D eigenvalue weighted by atomic mass is 16.6. The third-order valence-electron chi connectivity index (χ3n) is 26.6. The average molecular weight is 1900 g/mol. The van der Waals surface area contributed by atoms with Gasteiger partial charge in [0.15, 0.2) is 17.0 Å². The maximum atomic E-state index is 14.9. The number of unbranched alkanes of at least 4 members (excludes halogenated alkanes) is 1. The molecule has 8 aromatic rings. The molecule has 742 valence electrons. The van der Waals surface area contributed by atoms with Gasteiger partial charge in [0.25, 0.3) is 17.7 Å². The van der Waals surface area contributed by atoms with Crippen LogP contribution in [0.1, 0.15) is 150 Å². The number of piperidine rings is 1. The number of ether oxygens (including phenoxy) is 10. The van der Waals surface area contributed by atoms with Crippen LogP contribution in [0.4, 0.5) is 17.8 Å². The number of nitrogens with two attached hydrogens (primary N) is 3. The number of carbonyl (C=O) groups excluding carboxylic acids is 6. The number of piperazine rings is 1. The minimum atomic E-state index is -2.50. The number of benzene rings is 2. The third kappa shape index (κ3) is 27.8. The first-order valence-corrected chi connectivity index (χ1v) is 48.0. The summed E-state index contributed by atoms with van der Waals surface area (Å²) in [5, 5.41) is 50.2. The van der Waals surface area contributed by atoms with Crippen LogP contribution in [0.5, 0.6) is 0 Å². The van der Waals surface area contributed by atoms with E-state index >= 15 is 0 Å². The summed E-state index contributed by atoms with van der Waals surface area (Å²) in [4.78, 5) is 114. The second kappa shape index (κ2) is 50.6. The van der Waals surface area contributed by atoms with Gasteiger partial charge in [-0.3, -0.25) is 28.9 Å². The van der Waals surface area contributed by atoms with Crippen LogP contribution in [0.2, 0.25) is 0 Å². The number of anilines is 3. The lowest BCUT2D eigenvalue weighted by Gasteiger charge is -2.42. The van der Waals surface area contributed by atoms with Gasteiger partial charge in [-0.05, 0) is 144 Å². The van der Waals surface area contributed by atoms with Gasteiger partial charge in [-0.1, -0.05) is 92.8 Å². The molecule has 4 aliphatic heterocycles. The van der Waals surface area contributed by atoms with Gasteiger partial charge in [0.1, 0.15) is 53.5 Å². The van der Waals surface area contributed by atoms with Crippen molar-refractivity contribution in [2.75, 3.05) is 143 Å². The van der Waals surface area contributed by atoms with Crippen LogP contribution >= 0.6 is 0 Å². The van der Waals surface area contributed by atoms with E-state index in [1.54, 1.807) is 69.6 Å². The second-order valence-electron chi connectivity index (χ2n) is 36.6. The Morgan fingerprint density at radius 3 is 2.20 bits per heavy atom. The highest BCUT2D eigenvalue weighted by molar-refractivity contribution is 6.39. The fraction of sp³-hybridized carbons (Fsp3) is 0.592. The molecule has 6 aromatic heterocycles. The van der Waals surface area contributed by atoms with Crippen LogP contribution in [0.15, 0.2) is 126 Å². The number of nitrogens with zero attached hydrogens (tertiary/aromatic N) is 16. The zero-order chi connectivity index (χ0) is 97.1. The third-order valence-corrected chi connectivity index (χ3v) is 26.6. The maximum Gasteiger partial charge on any atom is 0.329 e. The van der Waals surface area contributed by atoms with E-state index in [0.717, 1.165) is 83.1 Å². The molecule has 1 unspecified atom stereocenters. The van der Waals surface area contributed by atoms with Crippen LogP contribution in [-0.2, 0) is 95.8 Å². The van der Waals surface area contributed by atoms with E-state index in [-0.39, 0.29) is 86.3 Å². The number of carbonyl (C=O) groups is 6. The molecule has 39 nitrogen and oxygen atoms in total. The number of esters is 1. The predicted octanol–water partition coefficient (Wildman–Crippen LogP) is 8.56. The Labute approximate surface area is 798 Å². The number of aliphatic hydroxyl groups is 2. The van der Waals surface area contributed by atoms with Crippen molar-refractivity contribution in [3.8, 4) is 33.6 Å². The van der Waals surface area contributed by atoms with Crippen molar-refractivity contribution in [2.45, 2.75) is 218 Å². The summed E-state index contributed by atoms with van der Waals surface area (Å²) in [6.45, 7) is 20.0. The van der Waals surface area contributed by atoms with E-state index in [1.165, 1.54) is 13.4 Å². The van der Waals surface area contributed by atoms with Gasteiger partial charge in [0.05, 0.1) is 120 Å². The number of nitrogens with one attached hydrogen (secondary N) is 1. The van der Waals surface area contributed by atoms with E-state index in [2.05, 4.69) is 56.8 Å². The summed E-state index contributed by atoms with van der Waals surface area (Å²) in [5.41, 5.74) is 27.9. The number of Topliss-reactive ketones (excluding diaryl/α,β-unsaturated/α-hetero) is 3. The first kappa shape index (κ1) is 103. The minimum Gasteiger partial charge on any atom is -0.459 e. The van der Waals surface area contributed by atoms with Crippen LogP contribution < -0.4 is 27.4 Å². The van der Waals surface area contributed by atoms with Gasteiger partial charge in [-0.2, -0.15) is 10.1 Å². The molecule has 2 aromatic carbocycles. The fourth-order valence-electron chi connectivity index (χ4n) is 18.7. The number of aromatic nitrogens is 13. The van der Waals surface area contributed by atoms with Crippen LogP contribution in [-0.4, -0.2) is 301 Å². The van der Waals surface area contributed by atoms with Gasteiger partial charge in [-0.25, -0.2) is 38.8 Å². The molecule has 137 heavy (non-hydrogen) atoms. The molecule has 39 heteroatoms. The number of hydrogen-bond donors (Lipinski definition) is 6. The molecule has 2 bridgehead atoms. The molecule has 4 fully saturated rings. The summed E-state index contributed by atoms with van der Waals surface area (Å²) >= 11 is 0. The molecule has 3 saturated heterocycles. The summed E-state index contributed by atoms with van der Waals surface area (Å²) in [6.07, 6.45) is 20.8. The van der Waals surface area contributed by atoms with Gasteiger partial charge in [-0.15, -0.1) is 10.2 Å². The average Bonchev–Trinajstić information content (AvgIpc) is 1.51. The number of cyclic esters (lactones) is 1. The molecule has 2 amide bonds. The Hall–Kier alpha value is -10.9. The fourth-order valence-corrected chi connectivity index (χ4v) is 18.7. The molecule has 10 heterocycles. The van der Waals surface area contributed by atoms with Crippen molar-refractivity contribution in [2.24, 2.45) is 35.3 Å². The van der Waals surface area contributed by atoms with E-state index < -0.39 is 83.8 Å². The Kier molecular flexibility index (Phi) is 38.2. The molecule has 13 rings (SSSR count). The molecule has 9 N–H and O–H groups in total. The minimum absolute atomic E-state index is 0.0212. The van der Waals surface area contributed by atoms with E-state index in [9.17, 15) is 39.0 Å². The largest absolute Gasteiger partial charge is 0.459 e. The number of aliphatic hydroxyl groups excluding tert-OH is 1. The number of nitrogen functional groups attached to an aromatic ring is 2. The second-order valence-corrected chi connectivity index (χ2v) is 36.6. The van der Waals surface area contributed by atoms with Crippen molar-refractivity contribution < 1.29 is 90.8 Å². The van der Waals surface area contributed by atoms with Crippen LogP contribution in [0, 0.1) is 29.6 Å². The molecule has 1 aliphatic carbocycles. The first-order valence-electron chi connectivity index (χ1n) is 48.0. The lowest BCUT2D eigenvalue weighted by Crippen LogP contribution is -2.61. The van der Waals surface area contributed by atoms with Gasteiger partial charge >= 0.3 is 5.97 Å². The van der Waals surface area contributed by atoms with Crippen molar-refractivity contribution in [1.29, 1.82) is 0 Å². The number of fused-ring (bicyclic) bond motifs is 5. The zero-order valence-electron chi connectivity index (χ0n) is 80.2. The molecule has 15 atom stereocenters. The molecular weight excluding hydrogens is 1760 g/mol. The van der Waals surface area contributed by atoms with Crippen molar-refractivity contribution >= 4 is 75.0 Å². The van der Waals surface area contributed by atoms with Crippen LogP contribution in [0.3, 0.4) is 0 Å². The number of ketones is 3. The zero-order valence-corrected chi connectivity index (χ0v) is 80.2. The Balaban J connectivity index is 0.515. The number of methoxy groups -OCH3 is 3. The molecule has 1 saturated carbocycles. The van der Waals surface area contributed by atoms with Gasteiger partial charge in [0.2, 0.25) is 17.6 Å². The number of oxazole rings is 1. The van der Waals surface area contributed by atoms with Gasteiger partial charge < -0.3 is 94.3 Å². The normalized spacial score (nSPS) is 26.2. The lowest BCUT2D eigenvalue weighted by molar-refractivity contribution is -0.265. The molecule has 0 spiro atoms. The molecule has 5 aliphatic rings. The van der Waals surface area contributed by atoms with E-state index in [1.807, 2.05) is 97.8 Å². The van der Waals surface area contributed by atoms with E-state index in [0.29, 0.717) is 189 Å². The standard InChI is InChI=1S/C98H136N20O19/c1-62-18-11-10-12-19-63(2)82(127-7)54-74-26-23-67(6)98(126,137-74)91(123)94(124)116-31-15-13-22-78(116)95(125)135-83(55-80(119)64(3)49-66(5)89(122)90(129-9)88(121)65(4)48-62)75(99)50-68-24-27-77(84(51-68)128-8)118-79(58-107-111-118)70-21-17-20-69(52-70)72-56-103-97(104-57-72)114-35-33-113(34-36-114)59-73-60-115(112-109-73)37-39-131-41-43-133-45-47-134-46-44-132-42-40-130-38-29-85(120)102-30-14-16-32-117-93-86(92(100)105-61-106-93)87(110-117)71-25-28-81-76(53-71)108-96(101)136-81/h10-12,17-21,25,28,49,52-53,56-58,60-62,64-65,67-68,74-75,77-78,82-84,89-90,122,126H,13-16,22-24,26-27,29-48,50-51,54-55,59,99H2,1-9H3,(H2,101,108)(H,102,120)(H2,100,105,106)/b12-10+,18-11+,63-19+,66-49+/t62-,64-,65-,67-,68+,74+,75-,77?,78+,82+,83+,84-,89-,90+,98-/m1/s1. The lowest BCUT2D eigenvalue weighted by atomic mass is 9.79. The Morgan fingerprint density at radius 2 is 1.46 bits per heavy atom. The Morgan fingerprint density at radius 1 is 0.723 bits per heavy atom. The number of allylic oxidation sites excluding steroid dienone is 6. The summed E-state index contributed by atoms with van der Waals surface area (Å²) in [6, 6.07) is 11.2. The number of hydrogen-bond acceptors (Lipinski definition) is 34. The number of rotatable bonds is 36. The van der Waals surface area contributed by atoms with E-state index in [4.69, 9.17) is 84.1 Å². The van der Waals surface area contributed by atoms with Crippen molar-refractivity contribution in [3.05, 3.63) is 127 Å². The Bertz CT molecular complexity index is 5420. The highest BCUT2D eigenvalue weighted by Gasteiger charge is 2.53. The monoisotopic (exact) mass is 1900 g/mol. The highest BCUT2D eigenvalue weighted by Crippen LogP contribution is 2.42. The van der Waals surface area contributed by atoms with Crippen molar-refractivity contribution in [1.82, 2.24) is 79.8 Å². The summed E-state index contributed by atoms with van der Waals surface area (Å²) in [5.74, 6) is -7.63. The van der Waals surface area contributed by atoms with Gasteiger partial charge in [0, 0.05) is 152 Å². The summed E-state index contributed by atoms with van der Waals surface area (Å²) in [7, 11) is 4.60. The SMILES string of the molecule is CO[C@H]1C[C@@H]2CC[C@@H](C)[C@@](O)(O2)C(=O)C(=O)N2CCCC[C@H]2C(=O)O[C@H]([C@H](N)C[C@@H]2CCC(n3nncc3-c3cccc(-c4cnc(N5CCN(Cc6cn(CCOCCOCCOCCOCCOCCC(=O)NCCCCn7nc(-c8ccc9oc(N)nc9c8)c8c(N)ncnc87)nn6)CC5)nc4)c3)[C@H](OC)C2)CC(=O)[C@H](C)/C=C(\C)[C@@H](O)[C@@H](OC)C(=O)[C@H](C)C[C@H](C)/C=C/C=C/C=C/1C. The summed E-state index contributed by atoms with van der Waals surface area (Å²) < 4.78 is 69.8. The number of aryl methyl sites for hydroxylation is 1. The topological polar surface area (TPSA) is 492 Å². The van der Waals surface area contributed by atoms with Crippen LogP contribution in [0.25, 0.3) is 55.8 Å². The maximum absolute atomic E-state index is 14.9. The predicted molar refractivity (Wildman–Crippen MR) is 509 cm³/mol. The quantitative estimate of drug-likeness (QED) is 0.00926. The van der Waals surface area contributed by atoms with Crippen molar-refractivity contribution in [3.63, 3.8) is 0 Å². The number of amides is 2. The smallest absolute Gasteiger partial charge is 0.329 e. The first-order chi connectivity index (χ1) is 66.3. The molecule has 0 radical (unpaired) electrons.